The molecule has 0 saturated carbocycles. The first kappa shape index (κ1) is 14.0. The summed E-state index contributed by atoms with van der Waals surface area (Å²) >= 11 is 0. The minimum atomic E-state index is 0.810. The van der Waals surface area contributed by atoms with Gasteiger partial charge in [-0.15, -0.1) is 0 Å². The predicted octanol–water partition coefficient (Wildman–Crippen LogP) is 2.73. The summed E-state index contributed by atoms with van der Waals surface area (Å²) in [6.45, 7) is 11.9. The summed E-state index contributed by atoms with van der Waals surface area (Å²) in [5.74, 6) is 2.60. The van der Waals surface area contributed by atoms with Crippen LogP contribution in [0.2, 0.25) is 0 Å². The molecule has 0 aromatic carbocycles. The van der Waals surface area contributed by atoms with E-state index < -0.39 is 0 Å². The van der Waals surface area contributed by atoms with E-state index in [2.05, 4.69) is 25.7 Å². The van der Waals surface area contributed by atoms with E-state index in [9.17, 15) is 0 Å². The molecule has 3 unspecified atom stereocenters. The lowest BCUT2D eigenvalue weighted by atomic mass is 9.91. The fraction of sp³-hybridized carbons (Fsp3) is 1.00. The molecule has 0 spiro atoms. The number of rotatable bonds is 6. The van der Waals surface area contributed by atoms with E-state index in [4.69, 9.17) is 5.73 Å². The average molecular weight is 226 g/mol. The maximum atomic E-state index is 5.57. The Morgan fingerprint density at radius 3 is 2.38 bits per heavy atom. The van der Waals surface area contributed by atoms with Crippen molar-refractivity contribution >= 4 is 0 Å². The fourth-order valence-corrected chi connectivity index (χ4v) is 3.07. The van der Waals surface area contributed by atoms with Gasteiger partial charge < -0.3 is 10.6 Å². The second kappa shape index (κ2) is 7.29. The molecule has 0 bridgehead atoms. The summed E-state index contributed by atoms with van der Waals surface area (Å²) in [7, 11) is 0. The summed E-state index contributed by atoms with van der Waals surface area (Å²) in [5, 5.41) is 0. The van der Waals surface area contributed by atoms with Crippen molar-refractivity contribution in [3.8, 4) is 0 Å². The molecule has 0 aromatic rings. The SMILES string of the molecule is CC(CCN)CCCN1CC(C)CC(C)C1. The van der Waals surface area contributed by atoms with Gasteiger partial charge in [0.2, 0.25) is 0 Å². The molecular formula is C14H30N2. The van der Waals surface area contributed by atoms with Crippen molar-refractivity contribution in [3.05, 3.63) is 0 Å². The maximum Gasteiger partial charge on any atom is 0.000724 e. The van der Waals surface area contributed by atoms with Gasteiger partial charge in [-0.2, -0.15) is 0 Å². The van der Waals surface area contributed by atoms with Gasteiger partial charge in [-0.25, -0.2) is 0 Å². The van der Waals surface area contributed by atoms with Crippen LogP contribution in [0.1, 0.15) is 46.5 Å². The van der Waals surface area contributed by atoms with E-state index in [1.165, 1.54) is 45.3 Å². The zero-order valence-corrected chi connectivity index (χ0v) is 11.4. The van der Waals surface area contributed by atoms with Crippen LogP contribution in [-0.2, 0) is 0 Å². The Morgan fingerprint density at radius 2 is 1.81 bits per heavy atom. The third kappa shape index (κ3) is 5.31. The first-order valence-corrected chi connectivity index (χ1v) is 7.04. The smallest absolute Gasteiger partial charge is 0.000724 e. The van der Waals surface area contributed by atoms with Gasteiger partial charge in [0.05, 0.1) is 0 Å². The van der Waals surface area contributed by atoms with E-state index in [1.54, 1.807) is 0 Å². The van der Waals surface area contributed by atoms with Crippen molar-refractivity contribution in [1.82, 2.24) is 4.90 Å². The largest absolute Gasteiger partial charge is 0.330 e. The van der Waals surface area contributed by atoms with Gasteiger partial charge in [-0.1, -0.05) is 20.8 Å². The van der Waals surface area contributed by atoms with Crippen LogP contribution in [-0.4, -0.2) is 31.1 Å². The summed E-state index contributed by atoms with van der Waals surface area (Å²) in [6.07, 6.45) is 5.30. The Kier molecular flexibility index (Phi) is 6.37. The average Bonchev–Trinajstić information content (AvgIpc) is 2.16. The zero-order chi connectivity index (χ0) is 12.0. The van der Waals surface area contributed by atoms with E-state index in [-0.39, 0.29) is 0 Å². The summed E-state index contributed by atoms with van der Waals surface area (Å²) in [5.41, 5.74) is 5.57. The molecule has 2 heteroatoms. The summed E-state index contributed by atoms with van der Waals surface area (Å²) in [6, 6.07) is 0. The molecule has 2 N–H and O–H groups in total. The number of hydrogen-bond donors (Lipinski definition) is 1. The Balaban J connectivity index is 2.12. The van der Waals surface area contributed by atoms with E-state index in [0.717, 1.165) is 24.3 Å². The normalized spacial score (nSPS) is 29.2. The van der Waals surface area contributed by atoms with Gasteiger partial charge in [0.15, 0.2) is 0 Å². The van der Waals surface area contributed by atoms with Crippen molar-refractivity contribution in [3.63, 3.8) is 0 Å². The Bertz CT molecular complexity index is 172. The molecule has 16 heavy (non-hydrogen) atoms. The minimum Gasteiger partial charge on any atom is -0.330 e. The van der Waals surface area contributed by atoms with Gasteiger partial charge in [-0.05, 0) is 56.5 Å². The lowest BCUT2D eigenvalue weighted by Crippen LogP contribution is -2.39. The quantitative estimate of drug-likeness (QED) is 0.754. The molecule has 1 aliphatic rings. The van der Waals surface area contributed by atoms with Crippen LogP contribution in [0.5, 0.6) is 0 Å². The monoisotopic (exact) mass is 226 g/mol. The fourth-order valence-electron chi connectivity index (χ4n) is 3.07. The third-order valence-electron chi connectivity index (χ3n) is 3.78. The van der Waals surface area contributed by atoms with Crippen LogP contribution in [0.15, 0.2) is 0 Å². The number of nitrogens with two attached hydrogens (primary N) is 1. The molecule has 0 aromatic heterocycles. The topological polar surface area (TPSA) is 29.3 Å². The lowest BCUT2D eigenvalue weighted by Gasteiger charge is -2.35. The van der Waals surface area contributed by atoms with Crippen LogP contribution in [0.4, 0.5) is 0 Å². The van der Waals surface area contributed by atoms with Crippen LogP contribution >= 0.6 is 0 Å². The minimum absolute atomic E-state index is 0.810. The number of nitrogens with zero attached hydrogens (tertiary/aromatic N) is 1. The highest BCUT2D eigenvalue weighted by Crippen LogP contribution is 2.21. The van der Waals surface area contributed by atoms with Crippen molar-refractivity contribution in [2.45, 2.75) is 46.5 Å². The van der Waals surface area contributed by atoms with Crippen molar-refractivity contribution in [1.29, 1.82) is 0 Å². The first-order chi connectivity index (χ1) is 7.61. The van der Waals surface area contributed by atoms with E-state index >= 15 is 0 Å². The maximum absolute atomic E-state index is 5.57. The molecular weight excluding hydrogens is 196 g/mol. The molecule has 1 aliphatic heterocycles. The highest BCUT2D eigenvalue weighted by atomic mass is 15.1. The molecule has 0 amide bonds. The van der Waals surface area contributed by atoms with Crippen molar-refractivity contribution < 1.29 is 0 Å². The van der Waals surface area contributed by atoms with Gasteiger partial charge in [0, 0.05) is 13.1 Å². The number of likely N-dealkylation sites (tertiary alicyclic amines) is 1. The molecule has 1 rings (SSSR count). The highest BCUT2D eigenvalue weighted by molar-refractivity contribution is 4.74. The van der Waals surface area contributed by atoms with Gasteiger partial charge in [0.1, 0.15) is 0 Å². The van der Waals surface area contributed by atoms with Crippen molar-refractivity contribution in [2.75, 3.05) is 26.2 Å². The van der Waals surface area contributed by atoms with E-state index in [0.29, 0.717) is 0 Å². The highest BCUT2D eigenvalue weighted by Gasteiger charge is 2.21. The summed E-state index contributed by atoms with van der Waals surface area (Å²) < 4.78 is 0. The summed E-state index contributed by atoms with van der Waals surface area (Å²) in [4.78, 5) is 2.66. The van der Waals surface area contributed by atoms with Crippen LogP contribution in [0.25, 0.3) is 0 Å². The Hall–Kier alpha value is -0.0800. The molecule has 0 aliphatic carbocycles. The van der Waals surface area contributed by atoms with Gasteiger partial charge >= 0.3 is 0 Å². The standard InChI is InChI=1S/C14H30N2/c1-12(6-7-15)5-4-8-16-10-13(2)9-14(3)11-16/h12-14H,4-11,15H2,1-3H3. The Morgan fingerprint density at radius 1 is 1.19 bits per heavy atom. The van der Waals surface area contributed by atoms with Crippen LogP contribution in [0, 0.1) is 17.8 Å². The molecule has 1 heterocycles. The predicted molar refractivity (Wildman–Crippen MR) is 71.5 cm³/mol. The lowest BCUT2D eigenvalue weighted by molar-refractivity contribution is 0.137. The molecule has 2 nitrogen and oxygen atoms in total. The molecule has 1 saturated heterocycles. The van der Waals surface area contributed by atoms with Crippen LogP contribution in [0.3, 0.4) is 0 Å². The molecule has 0 radical (unpaired) electrons. The second-order valence-electron chi connectivity index (χ2n) is 6.03. The van der Waals surface area contributed by atoms with Gasteiger partial charge in [-0.3, -0.25) is 0 Å². The van der Waals surface area contributed by atoms with E-state index in [1.807, 2.05) is 0 Å². The number of hydrogen-bond acceptors (Lipinski definition) is 2. The number of piperidine rings is 1. The first-order valence-electron chi connectivity index (χ1n) is 7.04. The van der Waals surface area contributed by atoms with Gasteiger partial charge in [0.25, 0.3) is 0 Å². The molecule has 1 fully saturated rings. The second-order valence-corrected chi connectivity index (χ2v) is 6.03. The van der Waals surface area contributed by atoms with Crippen LogP contribution < -0.4 is 5.73 Å². The zero-order valence-electron chi connectivity index (χ0n) is 11.4. The third-order valence-corrected chi connectivity index (χ3v) is 3.78. The Labute approximate surface area is 102 Å². The molecule has 3 atom stereocenters. The van der Waals surface area contributed by atoms with Crippen molar-refractivity contribution in [2.24, 2.45) is 23.5 Å². The molecule has 96 valence electrons.